The van der Waals surface area contributed by atoms with Crippen molar-refractivity contribution in [3.8, 4) is 0 Å². The van der Waals surface area contributed by atoms with Crippen LogP contribution in [0, 0.1) is 11.8 Å². The predicted molar refractivity (Wildman–Crippen MR) is 73.3 cm³/mol. The molecule has 0 aliphatic carbocycles. The Morgan fingerprint density at radius 3 is 2.17 bits per heavy atom. The molecule has 1 heterocycles. The maximum absolute atomic E-state index is 13.8. The lowest BCUT2D eigenvalue weighted by molar-refractivity contribution is 0.128. The van der Waals surface area contributed by atoms with Crippen molar-refractivity contribution in [3.05, 3.63) is 0 Å². The first-order valence-corrected chi connectivity index (χ1v) is 7.25. The van der Waals surface area contributed by atoms with Crippen LogP contribution in [0.25, 0.3) is 0 Å². The summed E-state index contributed by atoms with van der Waals surface area (Å²) in [5.74, 6) is 0.415. The third-order valence-corrected chi connectivity index (χ3v) is 4.27. The van der Waals surface area contributed by atoms with E-state index in [4.69, 9.17) is 0 Å². The fourth-order valence-corrected chi connectivity index (χ4v) is 3.01. The first-order valence-electron chi connectivity index (χ1n) is 7.25. The molecular weight excluding hydrogens is 232 g/mol. The molecule has 1 fully saturated rings. The van der Waals surface area contributed by atoms with Gasteiger partial charge in [0.2, 0.25) is 0 Å². The van der Waals surface area contributed by atoms with Gasteiger partial charge in [-0.3, -0.25) is 4.90 Å². The van der Waals surface area contributed by atoms with Crippen molar-refractivity contribution < 1.29 is 8.78 Å². The molecule has 0 N–H and O–H groups in total. The van der Waals surface area contributed by atoms with Gasteiger partial charge in [0.15, 0.2) is 0 Å². The van der Waals surface area contributed by atoms with E-state index < -0.39 is 12.3 Å². The van der Waals surface area contributed by atoms with Crippen LogP contribution in [0.15, 0.2) is 0 Å². The van der Waals surface area contributed by atoms with Gasteiger partial charge in [0.25, 0.3) is 0 Å². The summed E-state index contributed by atoms with van der Waals surface area (Å²) in [5.41, 5.74) is 0.159. The molecule has 108 valence electrons. The summed E-state index contributed by atoms with van der Waals surface area (Å²) < 4.78 is 26.7. The molecule has 18 heavy (non-hydrogen) atoms. The lowest BCUT2D eigenvalue weighted by Crippen LogP contribution is -2.40. The van der Waals surface area contributed by atoms with E-state index in [0.717, 1.165) is 19.5 Å². The van der Waals surface area contributed by atoms with Crippen molar-refractivity contribution >= 4 is 0 Å². The Bertz CT molecular complexity index is 245. The van der Waals surface area contributed by atoms with E-state index in [0.29, 0.717) is 18.8 Å². The van der Waals surface area contributed by atoms with Crippen molar-refractivity contribution in [1.82, 2.24) is 4.90 Å². The summed E-state index contributed by atoms with van der Waals surface area (Å²) in [7, 11) is 0. The van der Waals surface area contributed by atoms with Crippen LogP contribution in [0.2, 0.25) is 0 Å². The van der Waals surface area contributed by atoms with Crippen molar-refractivity contribution in [3.63, 3.8) is 0 Å². The van der Waals surface area contributed by atoms with Crippen LogP contribution < -0.4 is 0 Å². The van der Waals surface area contributed by atoms with E-state index in [-0.39, 0.29) is 11.5 Å². The smallest absolute Gasteiger partial charge is 0.100 e. The fraction of sp³-hybridized carbons (Fsp3) is 1.00. The summed E-state index contributed by atoms with van der Waals surface area (Å²) in [4.78, 5) is 2.42. The van der Waals surface area contributed by atoms with Gasteiger partial charge < -0.3 is 0 Å². The molecule has 0 bridgehead atoms. The molecule has 0 aromatic carbocycles. The number of hydrogen-bond acceptors (Lipinski definition) is 1. The van der Waals surface area contributed by atoms with E-state index in [9.17, 15) is 8.78 Å². The Labute approximate surface area is 111 Å². The molecule has 0 saturated carbocycles. The third kappa shape index (κ3) is 4.49. The summed E-state index contributed by atoms with van der Waals surface area (Å²) in [5, 5.41) is 0. The molecule has 0 spiro atoms. The molecule has 3 unspecified atom stereocenters. The number of alkyl halides is 2. The monoisotopic (exact) mass is 261 g/mol. The second-order valence-corrected chi connectivity index (χ2v) is 6.87. The Balaban J connectivity index is 2.55. The minimum atomic E-state index is -0.825. The first-order chi connectivity index (χ1) is 8.21. The van der Waals surface area contributed by atoms with Crippen molar-refractivity contribution in [2.45, 2.75) is 71.8 Å². The van der Waals surface area contributed by atoms with E-state index in [1.165, 1.54) is 0 Å². The highest BCUT2D eigenvalue weighted by molar-refractivity contribution is 4.89. The van der Waals surface area contributed by atoms with Gasteiger partial charge in [0, 0.05) is 12.1 Å². The number of nitrogens with zero attached hydrogens (tertiary/aromatic N) is 1. The second kappa shape index (κ2) is 6.31. The zero-order valence-corrected chi connectivity index (χ0v) is 12.5. The largest absolute Gasteiger partial charge is 0.298 e. The standard InChI is InChI=1S/C15H29F2N/c1-11(16)6-7-14(12(2)17)13-8-9-18(10-13)15(3,4)5/h11-14H,6-10H2,1-5H3/t11?,12?,13-,14?/m0/s1. The summed E-state index contributed by atoms with van der Waals surface area (Å²) >= 11 is 0. The third-order valence-electron chi connectivity index (χ3n) is 4.27. The summed E-state index contributed by atoms with van der Waals surface area (Å²) in [6, 6.07) is 0. The number of halogens is 2. The van der Waals surface area contributed by atoms with E-state index in [1.807, 2.05) is 0 Å². The van der Waals surface area contributed by atoms with Gasteiger partial charge >= 0.3 is 0 Å². The molecule has 1 nitrogen and oxygen atoms in total. The van der Waals surface area contributed by atoms with Gasteiger partial charge in [-0.1, -0.05) is 0 Å². The highest BCUT2D eigenvalue weighted by Gasteiger charge is 2.36. The van der Waals surface area contributed by atoms with Gasteiger partial charge in [-0.15, -0.1) is 0 Å². The molecule has 0 aromatic rings. The quantitative estimate of drug-likeness (QED) is 0.716. The summed E-state index contributed by atoms with van der Waals surface area (Å²) in [6.07, 6.45) is 0.583. The predicted octanol–water partition coefficient (Wildman–Crippen LogP) is 4.22. The van der Waals surface area contributed by atoms with Crippen LogP contribution in [0.3, 0.4) is 0 Å². The molecule has 0 aromatic heterocycles. The zero-order valence-electron chi connectivity index (χ0n) is 12.5. The van der Waals surface area contributed by atoms with Gasteiger partial charge in [-0.2, -0.15) is 0 Å². The summed E-state index contributed by atoms with van der Waals surface area (Å²) in [6.45, 7) is 11.8. The van der Waals surface area contributed by atoms with Gasteiger partial charge in [-0.05, 0) is 72.3 Å². The lowest BCUT2D eigenvalue weighted by atomic mass is 9.84. The molecule has 0 amide bonds. The molecule has 0 radical (unpaired) electrons. The zero-order chi connectivity index (χ0) is 13.9. The highest BCUT2D eigenvalue weighted by atomic mass is 19.1. The van der Waals surface area contributed by atoms with Crippen LogP contribution in [-0.4, -0.2) is 35.9 Å². The maximum atomic E-state index is 13.8. The minimum Gasteiger partial charge on any atom is -0.298 e. The first kappa shape index (κ1) is 15.9. The van der Waals surface area contributed by atoms with Crippen molar-refractivity contribution in [2.75, 3.05) is 13.1 Å². The van der Waals surface area contributed by atoms with Gasteiger partial charge in [-0.25, -0.2) is 8.78 Å². The SMILES string of the molecule is CC(F)CCC(C(C)F)[C@H]1CCN(C(C)(C)C)C1. The van der Waals surface area contributed by atoms with Crippen LogP contribution in [0.1, 0.15) is 53.9 Å². The Morgan fingerprint density at radius 1 is 1.17 bits per heavy atom. The fourth-order valence-electron chi connectivity index (χ4n) is 3.01. The highest BCUT2D eigenvalue weighted by Crippen LogP contribution is 2.34. The van der Waals surface area contributed by atoms with Gasteiger partial charge in [0.05, 0.1) is 6.17 Å². The molecule has 1 aliphatic rings. The number of hydrogen-bond donors (Lipinski definition) is 0. The lowest BCUT2D eigenvalue weighted by Gasteiger charge is -2.33. The van der Waals surface area contributed by atoms with E-state index in [2.05, 4.69) is 25.7 Å². The minimum absolute atomic E-state index is 0.0237. The maximum Gasteiger partial charge on any atom is 0.100 e. The second-order valence-electron chi connectivity index (χ2n) is 6.87. The van der Waals surface area contributed by atoms with Crippen LogP contribution >= 0.6 is 0 Å². The topological polar surface area (TPSA) is 3.24 Å². The van der Waals surface area contributed by atoms with Crippen LogP contribution in [0.5, 0.6) is 0 Å². The molecule has 3 heteroatoms. The Morgan fingerprint density at radius 2 is 1.78 bits per heavy atom. The number of rotatable bonds is 5. The molecule has 4 atom stereocenters. The molecular formula is C15H29F2N. The average Bonchev–Trinajstić information content (AvgIpc) is 2.65. The van der Waals surface area contributed by atoms with Crippen molar-refractivity contribution in [1.29, 1.82) is 0 Å². The normalized spacial score (nSPS) is 27.2. The average molecular weight is 261 g/mol. The van der Waals surface area contributed by atoms with Crippen LogP contribution in [0.4, 0.5) is 8.78 Å². The number of likely N-dealkylation sites (tertiary alicyclic amines) is 1. The Hall–Kier alpha value is -0.180. The van der Waals surface area contributed by atoms with Crippen LogP contribution in [-0.2, 0) is 0 Å². The van der Waals surface area contributed by atoms with Gasteiger partial charge in [0.1, 0.15) is 6.17 Å². The van der Waals surface area contributed by atoms with Crippen molar-refractivity contribution in [2.24, 2.45) is 11.8 Å². The van der Waals surface area contributed by atoms with E-state index in [1.54, 1.807) is 13.8 Å². The molecule has 1 aliphatic heterocycles. The van der Waals surface area contributed by atoms with E-state index >= 15 is 0 Å². The Kier molecular flexibility index (Phi) is 5.57. The molecule has 1 rings (SSSR count). The molecule has 1 saturated heterocycles.